The smallest absolute Gasteiger partial charge is 0.240 e. The number of hydrogen-bond donors (Lipinski definition) is 2. The van der Waals surface area contributed by atoms with Crippen LogP contribution in [0.5, 0.6) is 0 Å². The van der Waals surface area contributed by atoms with Gasteiger partial charge in [0.2, 0.25) is 15.9 Å². The van der Waals surface area contributed by atoms with Crippen molar-refractivity contribution in [2.24, 2.45) is 0 Å². The zero-order valence-corrected chi connectivity index (χ0v) is 12.1. The fourth-order valence-electron chi connectivity index (χ4n) is 1.35. The van der Waals surface area contributed by atoms with Crippen molar-refractivity contribution in [1.29, 1.82) is 0 Å². The topological polar surface area (TPSA) is 75.3 Å². The van der Waals surface area contributed by atoms with E-state index in [2.05, 4.69) is 26.0 Å². The summed E-state index contributed by atoms with van der Waals surface area (Å²) in [6.07, 6.45) is 0. The molecule has 0 atom stereocenters. The highest BCUT2D eigenvalue weighted by atomic mass is 79.9. The Morgan fingerprint density at radius 3 is 2.41 bits per heavy atom. The molecular weight excluding hydrogens is 308 g/mol. The van der Waals surface area contributed by atoms with Crippen LogP contribution < -0.4 is 10.0 Å². The SMILES string of the molecule is CNS(=O)(=O)c1cc(Br)c(NC(C)=O)cc1C. The largest absolute Gasteiger partial charge is 0.325 e. The molecule has 1 aromatic rings. The third-order valence-corrected chi connectivity index (χ3v) is 4.35. The Bertz CT molecular complexity index is 555. The normalized spacial score (nSPS) is 11.3. The summed E-state index contributed by atoms with van der Waals surface area (Å²) in [5.41, 5.74) is 1.11. The summed E-state index contributed by atoms with van der Waals surface area (Å²) in [7, 11) is -2.14. The van der Waals surface area contributed by atoms with Gasteiger partial charge in [0.05, 0.1) is 10.6 Å². The molecule has 17 heavy (non-hydrogen) atoms. The van der Waals surface area contributed by atoms with Crippen molar-refractivity contribution in [1.82, 2.24) is 4.72 Å². The summed E-state index contributed by atoms with van der Waals surface area (Å²) in [5.74, 6) is -0.214. The van der Waals surface area contributed by atoms with Crippen molar-refractivity contribution in [2.45, 2.75) is 18.7 Å². The summed E-state index contributed by atoms with van der Waals surface area (Å²) in [6.45, 7) is 3.06. The number of rotatable bonds is 3. The van der Waals surface area contributed by atoms with E-state index in [0.717, 1.165) is 0 Å². The lowest BCUT2D eigenvalue weighted by atomic mass is 10.2. The highest BCUT2D eigenvalue weighted by Gasteiger charge is 2.17. The lowest BCUT2D eigenvalue weighted by Gasteiger charge is -2.11. The molecule has 0 heterocycles. The molecule has 1 amide bonds. The van der Waals surface area contributed by atoms with E-state index in [0.29, 0.717) is 15.7 Å². The van der Waals surface area contributed by atoms with E-state index in [1.165, 1.54) is 20.0 Å². The molecule has 0 fully saturated rings. The third kappa shape index (κ3) is 3.27. The van der Waals surface area contributed by atoms with E-state index in [4.69, 9.17) is 0 Å². The molecule has 0 saturated heterocycles. The number of aryl methyl sites for hydroxylation is 1. The molecule has 94 valence electrons. The van der Waals surface area contributed by atoms with E-state index in [1.54, 1.807) is 13.0 Å². The number of carbonyl (C=O) groups is 1. The van der Waals surface area contributed by atoms with Gasteiger partial charge in [-0.15, -0.1) is 0 Å². The van der Waals surface area contributed by atoms with Gasteiger partial charge in [0, 0.05) is 11.4 Å². The number of anilines is 1. The molecule has 1 rings (SSSR count). The molecule has 0 bridgehead atoms. The number of nitrogens with one attached hydrogen (secondary N) is 2. The average Bonchev–Trinajstić information content (AvgIpc) is 2.22. The van der Waals surface area contributed by atoms with Gasteiger partial charge in [-0.1, -0.05) is 0 Å². The molecule has 0 aliphatic carbocycles. The quantitative estimate of drug-likeness (QED) is 0.888. The molecule has 0 aliphatic rings. The van der Waals surface area contributed by atoms with Crippen molar-refractivity contribution in [3.05, 3.63) is 22.2 Å². The maximum atomic E-state index is 11.7. The molecule has 0 spiro atoms. The Balaban J connectivity index is 3.33. The van der Waals surface area contributed by atoms with Gasteiger partial charge in [0.15, 0.2) is 0 Å². The minimum Gasteiger partial charge on any atom is -0.325 e. The van der Waals surface area contributed by atoms with Crippen molar-refractivity contribution < 1.29 is 13.2 Å². The van der Waals surface area contributed by atoms with Gasteiger partial charge in [0.25, 0.3) is 0 Å². The van der Waals surface area contributed by atoms with Crippen molar-refractivity contribution >= 4 is 37.5 Å². The Hall–Kier alpha value is -0.920. The average molecular weight is 321 g/mol. The molecule has 1 aromatic carbocycles. The van der Waals surface area contributed by atoms with Crippen LogP contribution in [-0.2, 0) is 14.8 Å². The van der Waals surface area contributed by atoms with Crippen molar-refractivity contribution in [3.63, 3.8) is 0 Å². The van der Waals surface area contributed by atoms with Crippen molar-refractivity contribution in [3.8, 4) is 0 Å². The van der Waals surface area contributed by atoms with Gasteiger partial charge in [-0.25, -0.2) is 13.1 Å². The van der Waals surface area contributed by atoms with Crippen molar-refractivity contribution in [2.75, 3.05) is 12.4 Å². The molecule has 7 heteroatoms. The minimum atomic E-state index is -3.49. The lowest BCUT2D eigenvalue weighted by molar-refractivity contribution is -0.114. The fraction of sp³-hybridized carbons (Fsp3) is 0.300. The second-order valence-corrected chi connectivity index (χ2v) is 6.20. The fourth-order valence-corrected chi connectivity index (χ4v) is 2.92. The van der Waals surface area contributed by atoms with Gasteiger partial charge in [0.1, 0.15) is 0 Å². The molecular formula is C10H13BrN2O3S. The standard InChI is InChI=1S/C10H13BrN2O3S/c1-6-4-9(13-7(2)14)8(11)5-10(6)17(15,16)12-3/h4-5,12H,1-3H3,(H,13,14). The summed E-state index contributed by atoms with van der Waals surface area (Å²) in [4.78, 5) is 11.1. The van der Waals surface area contributed by atoms with E-state index in [-0.39, 0.29) is 10.8 Å². The summed E-state index contributed by atoms with van der Waals surface area (Å²) in [6, 6.07) is 3.07. The van der Waals surface area contributed by atoms with Gasteiger partial charge in [-0.3, -0.25) is 4.79 Å². The highest BCUT2D eigenvalue weighted by Crippen LogP contribution is 2.28. The molecule has 0 radical (unpaired) electrons. The Kier molecular flexibility index (Phi) is 4.29. The Morgan fingerprint density at radius 1 is 1.35 bits per heavy atom. The predicted octanol–water partition coefficient (Wildman–Crippen LogP) is 1.62. The first kappa shape index (κ1) is 14.1. The first-order valence-electron chi connectivity index (χ1n) is 4.79. The van der Waals surface area contributed by atoms with Gasteiger partial charge in [-0.05, 0) is 47.6 Å². The molecule has 0 aromatic heterocycles. The first-order valence-corrected chi connectivity index (χ1v) is 7.07. The predicted molar refractivity (Wildman–Crippen MR) is 69.4 cm³/mol. The summed E-state index contributed by atoms with van der Waals surface area (Å²) in [5, 5.41) is 2.61. The number of sulfonamides is 1. The molecule has 2 N–H and O–H groups in total. The van der Waals surface area contributed by atoms with E-state index < -0.39 is 10.0 Å². The molecule has 0 unspecified atom stereocenters. The van der Waals surface area contributed by atoms with Crippen LogP contribution in [0, 0.1) is 6.92 Å². The van der Waals surface area contributed by atoms with Crippen LogP contribution in [0.1, 0.15) is 12.5 Å². The zero-order chi connectivity index (χ0) is 13.2. The third-order valence-electron chi connectivity index (χ3n) is 2.13. The van der Waals surface area contributed by atoms with Crippen LogP contribution in [0.4, 0.5) is 5.69 Å². The molecule has 0 aliphatic heterocycles. The highest BCUT2D eigenvalue weighted by molar-refractivity contribution is 9.10. The van der Waals surface area contributed by atoms with Gasteiger partial charge < -0.3 is 5.32 Å². The number of carbonyl (C=O) groups excluding carboxylic acids is 1. The Labute approximate surface area is 109 Å². The monoisotopic (exact) mass is 320 g/mol. The number of benzene rings is 1. The first-order chi connectivity index (χ1) is 7.77. The lowest BCUT2D eigenvalue weighted by Crippen LogP contribution is -2.20. The zero-order valence-electron chi connectivity index (χ0n) is 9.67. The number of halogens is 1. The number of hydrogen-bond acceptors (Lipinski definition) is 3. The minimum absolute atomic E-state index is 0.181. The van der Waals surface area contributed by atoms with Crippen LogP contribution in [-0.4, -0.2) is 21.4 Å². The van der Waals surface area contributed by atoms with Crippen LogP contribution in [0.2, 0.25) is 0 Å². The van der Waals surface area contributed by atoms with E-state index in [9.17, 15) is 13.2 Å². The van der Waals surface area contributed by atoms with E-state index >= 15 is 0 Å². The van der Waals surface area contributed by atoms with Crippen LogP contribution in [0.25, 0.3) is 0 Å². The second-order valence-electron chi connectivity index (χ2n) is 3.49. The molecule has 5 nitrogen and oxygen atoms in total. The maximum Gasteiger partial charge on any atom is 0.240 e. The van der Waals surface area contributed by atoms with Gasteiger partial charge in [-0.2, -0.15) is 0 Å². The molecule has 0 saturated carbocycles. The maximum absolute atomic E-state index is 11.7. The van der Waals surface area contributed by atoms with Gasteiger partial charge >= 0.3 is 0 Å². The Morgan fingerprint density at radius 2 is 1.94 bits per heavy atom. The second kappa shape index (κ2) is 5.16. The van der Waals surface area contributed by atoms with Crippen LogP contribution in [0.3, 0.4) is 0 Å². The van der Waals surface area contributed by atoms with E-state index in [1.807, 2.05) is 0 Å². The summed E-state index contributed by atoms with van der Waals surface area (Å²) < 4.78 is 26.1. The van der Waals surface area contributed by atoms with Crippen LogP contribution in [0.15, 0.2) is 21.5 Å². The van der Waals surface area contributed by atoms with Crippen LogP contribution >= 0.6 is 15.9 Å². The number of amides is 1. The summed E-state index contributed by atoms with van der Waals surface area (Å²) >= 11 is 3.22.